The number of hydrogen-bond acceptors (Lipinski definition) is 3. The van der Waals surface area contributed by atoms with Crippen LogP contribution < -0.4 is 5.73 Å². The van der Waals surface area contributed by atoms with Crippen molar-refractivity contribution in [1.82, 2.24) is 4.90 Å². The van der Waals surface area contributed by atoms with Crippen molar-refractivity contribution in [3.63, 3.8) is 0 Å². The van der Waals surface area contributed by atoms with E-state index in [0.717, 1.165) is 31.7 Å². The van der Waals surface area contributed by atoms with Crippen molar-refractivity contribution in [1.29, 1.82) is 0 Å². The zero-order chi connectivity index (χ0) is 13.1. The van der Waals surface area contributed by atoms with Crippen LogP contribution in [0.3, 0.4) is 0 Å². The standard InChI is InChI=1S/C13H26N2OS/c1-5-10(2)11(14)12(16)15-7-6-13(3,4)17-9-8-15/h10-11H,5-9,14H2,1-4H3/t10-,11-/m0/s1. The van der Waals surface area contributed by atoms with Crippen LogP contribution in [0.15, 0.2) is 0 Å². The minimum absolute atomic E-state index is 0.137. The summed E-state index contributed by atoms with van der Waals surface area (Å²) in [7, 11) is 0. The normalized spacial score (nSPS) is 23.9. The number of thioether (sulfide) groups is 1. The molecule has 0 aromatic rings. The summed E-state index contributed by atoms with van der Waals surface area (Å²) in [4.78, 5) is 14.2. The topological polar surface area (TPSA) is 46.3 Å². The van der Waals surface area contributed by atoms with Gasteiger partial charge in [0.05, 0.1) is 6.04 Å². The number of carbonyl (C=O) groups is 1. The fraction of sp³-hybridized carbons (Fsp3) is 0.923. The lowest BCUT2D eigenvalue weighted by atomic mass is 9.98. The molecule has 0 aromatic carbocycles. The first-order valence-corrected chi connectivity index (χ1v) is 7.54. The summed E-state index contributed by atoms with van der Waals surface area (Å²) in [6.45, 7) is 10.3. The second-order valence-electron chi connectivity index (χ2n) is 5.59. The van der Waals surface area contributed by atoms with E-state index in [1.54, 1.807) is 0 Å². The van der Waals surface area contributed by atoms with E-state index < -0.39 is 0 Å². The SMILES string of the molecule is CC[C@H](C)[C@H](N)C(=O)N1CCSC(C)(C)CC1. The third-order valence-electron chi connectivity index (χ3n) is 3.69. The molecule has 1 rings (SSSR count). The maximum atomic E-state index is 12.3. The summed E-state index contributed by atoms with van der Waals surface area (Å²) in [5, 5.41) is 0. The molecule has 0 unspecified atom stereocenters. The molecule has 0 aromatic heterocycles. The quantitative estimate of drug-likeness (QED) is 0.843. The molecule has 0 radical (unpaired) electrons. The van der Waals surface area contributed by atoms with Crippen LogP contribution in [-0.2, 0) is 4.79 Å². The second kappa shape index (κ2) is 6.10. The van der Waals surface area contributed by atoms with Crippen LogP contribution in [0.1, 0.15) is 40.5 Å². The molecule has 17 heavy (non-hydrogen) atoms. The number of nitrogens with zero attached hydrogens (tertiary/aromatic N) is 1. The van der Waals surface area contributed by atoms with E-state index in [0.29, 0.717) is 0 Å². The molecule has 0 bridgehead atoms. The Morgan fingerprint density at radius 3 is 2.71 bits per heavy atom. The highest BCUT2D eigenvalue weighted by atomic mass is 32.2. The maximum Gasteiger partial charge on any atom is 0.239 e. The molecule has 1 heterocycles. The molecular weight excluding hydrogens is 232 g/mol. The zero-order valence-corrected chi connectivity index (χ0v) is 12.3. The Labute approximate surface area is 109 Å². The summed E-state index contributed by atoms with van der Waals surface area (Å²) in [6, 6.07) is -0.328. The van der Waals surface area contributed by atoms with Crippen LogP contribution in [0.5, 0.6) is 0 Å². The molecule has 1 aliphatic rings. The van der Waals surface area contributed by atoms with Crippen molar-refractivity contribution >= 4 is 17.7 Å². The molecule has 3 nitrogen and oxygen atoms in total. The van der Waals surface area contributed by atoms with Gasteiger partial charge in [0.1, 0.15) is 0 Å². The van der Waals surface area contributed by atoms with Gasteiger partial charge in [-0.15, -0.1) is 0 Å². The van der Waals surface area contributed by atoms with E-state index in [-0.39, 0.29) is 22.6 Å². The molecule has 4 heteroatoms. The Balaban J connectivity index is 2.58. The molecule has 2 atom stereocenters. The van der Waals surface area contributed by atoms with E-state index >= 15 is 0 Å². The Hall–Kier alpha value is -0.220. The van der Waals surface area contributed by atoms with Crippen molar-refractivity contribution < 1.29 is 4.79 Å². The van der Waals surface area contributed by atoms with Gasteiger partial charge in [-0.3, -0.25) is 4.79 Å². The summed E-state index contributed by atoms with van der Waals surface area (Å²) >= 11 is 1.95. The van der Waals surface area contributed by atoms with Crippen LogP contribution in [0.4, 0.5) is 0 Å². The number of nitrogens with two attached hydrogens (primary N) is 1. The smallest absolute Gasteiger partial charge is 0.239 e. The van der Waals surface area contributed by atoms with E-state index in [1.165, 1.54) is 0 Å². The molecule has 1 aliphatic heterocycles. The molecule has 0 saturated carbocycles. The van der Waals surface area contributed by atoms with Crippen LogP contribution >= 0.6 is 11.8 Å². The largest absolute Gasteiger partial charge is 0.340 e. The Kier molecular flexibility index (Phi) is 5.32. The van der Waals surface area contributed by atoms with Gasteiger partial charge in [0.25, 0.3) is 0 Å². The van der Waals surface area contributed by atoms with Gasteiger partial charge in [0.2, 0.25) is 5.91 Å². The lowest BCUT2D eigenvalue weighted by molar-refractivity contribution is -0.133. The first kappa shape index (κ1) is 14.8. The molecular formula is C13H26N2OS. The van der Waals surface area contributed by atoms with Gasteiger partial charge in [0, 0.05) is 23.6 Å². The number of amides is 1. The molecule has 100 valence electrons. The Bertz CT molecular complexity index is 268. The highest BCUT2D eigenvalue weighted by Gasteiger charge is 2.29. The maximum absolute atomic E-state index is 12.3. The van der Waals surface area contributed by atoms with Crippen molar-refractivity contribution in [3.8, 4) is 0 Å². The Morgan fingerprint density at radius 1 is 1.47 bits per heavy atom. The van der Waals surface area contributed by atoms with E-state index in [9.17, 15) is 4.79 Å². The Morgan fingerprint density at radius 2 is 2.12 bits per heavy atom. The third kappa shape index (κ3) is 4.18. The summed E-state index contributed by atoms with van der Waals surface area (Å²) in [5.41, 5.74) is 6.02. The monoisotopic (exact) mass is 258 g/mol. The molecule has 0 spiro atoms. The molecule has 1 fully saturated rings. The summed E-state index contributed by atoms with van der Waals surface area (Å²) in [5.74, 6) is 1.43. The van der Waals surface area contributed by atoms with Gasteiger partial charge in [-0.25, -0.2) is 0 Å². The summed E-state index contributed by atoms with van der Waals surface area (Å²) in [6.07, 6.45) is 2.01. The van der Waals surface area contributed by atoms with Gasteiger partial charge in [-0.2, -0.15) is 11.8 Å². The second-order valence-corrected chi connectivity index (χ2v) is 7.40. The van der Waals surface area contributed by atoms with Gasteiger partial charge in [-0.1, -0.05) is 34.1 Å². The highest BCUT2D eigenvalue weighted by molar-refractivity contribution is 8.00. The predicted molar refractivity (Wildman–Crippen MR) is 75.2 cm³/mol. The summed E-state index contributed by atoms with van der Waals surface area (Å²) < 4.78 is 0.287. The number of carbonyl (C=O) groups excluding carboxylic acids is 1. The predicted octanol–water partition coefficient (Wildman–Crippen LogP) is 2.10. The lowest BCUT2D eigenvalue weighted by Gasteiger charge is -2.27. The lowest BCUT2D eigenvalue weighted by Crippen LogP contribution is -2.47. The van der Waals surface area contributed by atoms with Crippen LogP contribution in [0.2, 0.25) is 0 Å². The average Bonchev–Trinajstić information content (AvgIpc) is 2.47. The van der Waals surface area contributed by atoms with Crippen molar-refractivity contribution in [3.05, 3.63) is 0 Å². The van der Waals surface area contributed by atoms with Gasteiger partial charge in [0.15, 0.2) is 0 Å². The van der Waals surface area contributed by atoms with Crippen molar-refractivity contribution in [2.75, 3.05) is 18.8 Å². The van der Waals surface area contributed by atoms with E-state index in [4.69, 9.17) is 5.73 Å². The molecule has 0 aliphatic carbocycles. The average molecular weight is 258 g/mol. The fourth-order valence-electron chi connectivity index (χ4n) is 1.95. The molecule has 1 saturated heterocycles. The van der Waals surface area contributed by atoms with Crippen molar-refractivity contribution in [2.45, 2.75) is 51.3 Å². The number of hydrogen-bond donors (Lipinski definition) is 1. The van der Waals surface area contributed by atoms with Gasteiger partial charge in [-0.05, 0) is 12.3 Å². The highest BCUT2D eigenvalue weighted by Crippen LogP contribution is 2.30. The van der Waals surface area contributed by atoms with Gasteiger partial charge >= 0.3 is 0 Å². The van der Waals surface area contributed by atoms with E-state index in [1.807, 2.05) is 16.7 Å². The van der Waals surface area contributed by atoms with Crippen LogP contribution in [0, 0.1) is 5.92 Å². The third-order valence-corrected chi connectivity index (χ3v) is 5.06. The molecule has 1 amide bonds. The van der Waals surface area contributed by atoms with Crippen molar-refractivity contribution in [2.24, 2.45) is 11.7 Å². The van der Waals surface area contributed by atoms with Crippen LogP contribution in [0.25, 0.3) is 0 Å². The van der Waals surface area contributed by atoms with E-state index in [2.05, 4.69) is 27.7 Å². The zero-order valence-electron chi connectivity index (χ0n) is 11.5. The molecule has 2 N–H and O–H groups in total. The minimum Gasteiger partial charge on any atom is -0.340 e. The minimum atomic E-state index is -0.328. The van der Waals surface area contributed by atoms with Crippen LogP contribution in [-0.4, -0.2) is 40.4 Å². The number of rotatable bonds is 3. The first-order chi connectivity index (χ1) is 7.87. The first-order valence-electron chi connectivity index (χ1n) is 6.55. The van der Waals surface area contributed by atoms with Gasteiger partial charge < -0.3 is 10.6 Å². The fourth-order valence-corrected chi connectivity index (χ4v) is 3.05.